The number of aromatic hydroxyl groups is 1. The molecule has 0 saturated carbocycles. The molecule has 282 valence electrons. The number of hydrogen-bond donors (Lipinski definition) is 1. The zero-order chi connectivity index (χ0) is 37.5. The predicted octanol–water partition coefficient (Wildman–Crippen LogP) is 6.98. The number of carbonyl (C=O) groups excluding carboxylic acids is 2. The fraction of sp³-hybridized carbons (Fsp3) is 0.333. The number of nitrogens with zero attached hydrogens (tertiary/aromatic N) is 4. The number of morpholine rings is 1. The maximum atomic E-state index is 15.2. The number of rotatable bonds is 8. The van der Waals surface area contributed by atoms with E-state index >= 15 is 4.79 Å². The maximum absolute atomic E-state index is 15.2. The zero-order valence-electron chi connectivity index (χ0n) is 31.2. The van der Waals surface area contributed by atoms with Gasteiger partial charge >= 0.3 is 0 Å². The van der Waals surface area contributed by atoms with E-state index in [9.17, 15) is 9.90 Å². The predicted molar refractivity (Wildman–Crippen MR) is 210 cm³/mol. The summed E-state index contributed by atoms with van der Waals surface area (Å²) in [6, 6.07) is 29.1. The molecule has 10 heteroatoms. The van der Waals surface area contributed by atoms with Crippen LogP contribution in [0.5, 0.6) is 17.2 Å². The Morgan fingerprint density at radius 1 is 0.836 bits per heavy atom. The molecule has 10 nitrogen and oxygen atoms in total. The monoisotopic (exact) mass is 738 g/mol. The molecule has 1 atom stereocenters. The number of fused-ring (bicyclic) bond motifs is 3. The molecule has 0 unspecified atom stereocenters. The summed E-state index contributed by atoms with van der Waals surface area (Å²) in [7, 11) is 0. The largest absolute Gasteiger partial charge is 0.508 e. The quantitative estimate of drug-likeness (QED) is 0.184. The first-order chi connectivity index (χ1) is 26.9. The SMILES string of the molecule is Cc1ccccc1CN(C(=O)c1cc(-c2cc3c(cc2C(=O)N2Cc4ccccc4C[C@H]2CN2CCOCC2)OCO3)n2c1CCCC2)c1ccc(O)cc1. The molecule has 1 saturated heterocycles. The Kier molecular flexibility index (Phi) is 9.53. The number of amides is 2. The zero-order valence-corrected chi connectivity index (χ0v) is 31.2. The number of aromatic nitrogens is 1. The van der Waals surface area contributed by atoms with Gasteiger partial charge in [-0.2, -0.15) is 0 Å². The molecule has 55 heavy (non-hydrogen) atoms. The number of anilines is 1. The van der Waals surface area contributed by atoms with Gasteiger partial charge in [-0.1, -0.05) is 48.5 Å². The Morgan fingerprint density at radius 2 is 1.58 bits per heavy atom. The van der Waals surface area contributed by atoms with Crippen LogP contribution in [0.2, 0.25) is 0 Å². The summed E-state index contributed by atoms with van der Waals surface area (Å²) in [4.78, 5) is 36.4. The van der Waals surface area contributed by atoms with E-state index in [0.717, 1.165) is 85.5 Å². The average molecular weight is 739 g/mol. The molecular weight excluding hydrogens is 693 g/mol. The summed E-state index contributed by atoms with van der Waals surface area (Å²) in [5.41, 5.74) is 8.94. The van der Waals surface area contributed by atoms with Crippen molar-refractivity contribution in [3.8, 4) is 28.5 Å². The van der Waals surface area contributed by atoms with Gasteiger partial charge in [-0.05, 0) is 97.3 Å². The van der Waals surface area contributed by atoms with Crippen LogP contribution in [0.4, 0.5) is 5.69 Å². The summed E-state index contributed by atoms with van der Waals surface area (Å²) in [5.74, 6) is 1.08. The minimum absolute atomic E-state index is 0.0301. The van der Waals surface area contributed by atoms with Crippen LogP contribution in [0.1, 0.15) is 61.5 Å². The van der Waals surface area contributed by atoms with Crippen LogP contribution >= 0.6 is 0 Å². The van der Waals surface area contributed by atoms with Crippen LogP contribution in [0.3, 0.4) is 0 Å². The van der Waals surface area contributed by atoms with Crippen molar-refractivity contribution in [1.82, 2.24) is 14.4 Å². The lowest BCUT2D eigenvalue weighted by molar-refractivity contribution is 0.0193. The number of hydrogen-bond acceptors (Lipinski definition) is 7. The van der Waals surface area contributed by atoms with Gasteiger partial charge < -0.3 is 33.7 Å². The van der Waals surface area contributed by atoms with E-state index in [2.05, 4.69) is 40.7 Å². The van der Waals surface area contributed by atoms with E-state index < -0.39 is 0 Å². The second kappa shape index (κ2) is 14.9. The fourth-order valence-corrected chi connectivity index (χ4v) is 8.66. The third-order valence-electron chi connectivity index (χ3n) is 11.7. The van der Waals surface area contributed by atoms with E-state index in [1.165, 1.54) is 5.56 Å². The molecule has 4 aliphatic heterocycles. The Hall–Kier alpha value is -5.58. The van der Waals surface area contributed by atoms with Crippen molar-refractivity contribution in [2.75, 3.05) is 44.5 Å². The molecule has 1 aromatic heterocycles. The van der Waals surface area contributed by atoms with Gasteiger partial charge in [-0.15, -0.1) is 0 Å². The molecule has 0 spiro atoms. The van der Waals surface area contributed by atoms with Crippen LogP contribution in [-0.2, 0) is 37.2 Å². The minimum Gasteiger partial charge on any atom is -0.508 e. The third-order valence-corrected chi connectivity index (χ3v) is 11.7. The lowest BCUT2D eigenvalue weighted by Crippen LogP contribution is -2.52. The van der Waals surface area contributed by atoms with Crippen molar-refractivity contribution < 1.29 is 28.9 Å². The van der Waals surface area contributed by atoms with Gasteiger partial charge in [0.2, 0.25) is 6.79 Å². The number of carbonyl (C=O) groups is 2. The fourth-order valence-electron chi connectivity index (χ4n) is 8.66. The molecule has 5 heterocycles. The number of ether oxygens (including phenoxy) is 3. The second-order valence-electron chi connectivity index (χ2n) is 15.1. The number of phenolic OH excluding ortho intramolecular Hbond substituents is 1. The maximum Gasteiger partial charge on any atom is 0.260 e. The van der Waals surface area contributed by atoms with Gasteiger partial charge in [-0.3, -0.25) is 14.5 Å². The summed E-state index contributed by atoms with van der Waals surface area (Å²) in [5, 5.41) is 10.1. The van der Waals surface area contributed by atoms with E-state index in [0.29, 0.717) is 54.6 Å². The molecule has 1 N–H and O–H groups in total. The smallest absolute Gasteiger partial charge is 0.260 e. The standard InChI is InChI=1S/C45H46N4O6/c1-30-8-2-3-10-32(30)26-48(34-13-15-36(50)16-14-34)45(52)39-23-41(47-17-7-6-12-40(39)47)37-24-42-43(55-29-54-42)25-38(37)44(51)49-27-33-11-5-4-9-31(33)22-35(49)28-46-18-20-53-21-19-46/h2-5,8-11,13-16,23-25,35,50H,6-7,12,17-22,26-29H2,1H3/t35-/m0/s1. The number of phenols is 1. The van der Waals surface area contributed by atoms with E-state index in [1.807, 2.05) is 47.4 Å². The first kappa shape index (κ1) is 35.1. The highest BCUT2D eigenvalue weighted by atomic mass is 16.7. The van der Waals surface area contributed by atoms with Gasteiger partial charge in [-0.25, -0.2) is 0 Å². The summed E-state index contributed by atoms with van der Waals surface area (Å²) in [6.45, 7) is 7.57. The molecule has 5 aromatic rings. The molecular formula is C45H46N4O6. The van der Waals surface area contributed by atoms with Crippen molar-refractivity contribution in [3.05, 3.63) is 130 Å². The van der Waals surface area contributed by atoms with Crippen molar-refractivity contribution in [2.24, 2.45) is 0 Å². The Bertz CT molecular complexity index is 2240. The van der Waals surface area contributed by atoms with E-state index in [4.69, 9.17) is 14.2 Å². The Labute approximate surface area is 321 Å². The van der Waals surface area contributed by atoms with Gasteiger partial charge in [0.1, 0.15) is 5.75 Å². The van der Waals surface area contributed by atoms with Crippen molar-refractivity contribution in [2.45, 2.75) is 58.3 Å². The highest BCUT2D eigenvalue weighted by Gasteiger charge is 2.36. The number of aryl methyl sites for hydroxylation is 1. The van der Waals surface area contributed by atoms with Crippen LogP contribution < -0.4 is 14.4 Å². The molecule has 9 rings (SSSR count). The second-order valence-corrected chi connectivity index (χ2v) is 15.1. The lowest BCUT2D eigenvalue weighted by atomic mass is 9.92. The highest BCUT2D eigenvalue weighted by molar-refractivity contribution is 6.09. The first-order valence-electron chi connectivity index (χ1n) is 19.4. The van der Waals surface area contributed by atoms with Gasteiger partial charge in [0, 0.05) is 61.4 Å². The summed E-state index contributed by atoms with van der Waals surface area (Å²) < 4.78 is 19.7. The molecule has 1 fully saturated rings. The number of benzene rings is 4. The van der Waals surface area contributed by atoms with Crippen molar-refractivity contribution >= 4 is 17.5 Å². The third kappa shape index (κ3) is 6.85. The molecule has 0 aliphatic carbocycles. The molecule has 2 amide bonds. The first-order valence-corrected chi connectivity index (χ1v) is 19.4. The van der Waals surface area contributed by atoms with Crippen LogP contribution in [0.15, 0.2) is 91.0 Å². The Morgan fingerprint density at radius 3 is 2.38 bits per heavy atom. The molecule has 4 aromatic carbocycles. The molecule has 0 bridgehead atoms. The van der Waals surface area contributed by atoms with Crippen LogP contribution in [0.25, 0.3) is 11.3 Å². The van der Waals surface area contributed by atoms with E-state index in [-0.39, 0.29) is 30.4 Å². The highest BCUT2D eigenvalue weighted by Crippen LogP contribution is 2.42. The van der Waals surface area contributed by atoms with Crippen molar-refractivity contribution in [1.29, 1.82) is 0 Å². The van der Waals surface area contributed by atoms with Gasteiger partial charge in [0.25, 0.3) is 11.8 Å². The lowest BCUT2D eigenvalue weighted by Gasteiger charge is -2.40. The summed E-state index contributed by atoms with van der Waals surface area (Å²) >= 11 is 0. The topological polar surface area (TPSA) is 96.7 Å². The van der Waals surface area contributed by atoms with E-state index in [1.54, 1.807) is 29.2 Å². The molecule has 0 radical (unpaired) electrons. The van der Waals surface area contributed by atoms with Crippen LogP contribution in [0, 0.1) is 6.92 Å². The molecule has 4 aliphatic rings. The van der Waals surface area contributed by atoms with Gasteiger partial charge in [0.15, 0.2) is 11.5 Å². The minimum atomic E-state index is -0.127. The Balaban J connectivity index is 1.14. The van der Waals surface area contributed by atoms with Crippen LogP contribution in [-0.4, -0.2) is 77.0 Å². The normalized spacial score (nSPS) is 17.8. The van der Waals surface area contributed by atoms with Gasteiger partial charge in [0.05, 0.1) is 30.9 Å². The average Bonchev–Trinajstić information content (AvgIpc) is 3.85. The summed E-state index contributed by atoms with van der Waals surface area (Å²) in [6.07, 6.45) is 3.44. The van der Waals surface area contributed by atoms with Crippen molar-refractivity contribution in [3.63, 3.8) is 0 Å².